The highest BCUT2D eigenvalue weighted by Gasteiger charge is 2.48. The third-order valence-electron chi connectivity index (χ3n) is 6.21. The van der Waals surface area contributed by atoms with E-state index in [0.29, 0.717) is 47.6 Å². The summed E-state index contributed by atoms with van der Waals surface area (Å²) in [6.45, 7) is 0.267. The van der Waals surface area contributed by atoms with Crippen molar-refractivity contribution >= 4 is 17.5 Å². The van der Waals surface area contributed by atoms with Gasteiger partial charge in [-0.2, -0.15) is 0 Å². The number of oxime groups is 1. The molecule has 3 aromatic rings. The molecule has 6 rings (SSSR count). The van der Waals surface area contributed by atoms with Crippen LogP contribution in [-0.2, 0) is 22.5 Å². The van der Waals surface area contributed by atoms with Gasteiger partial charge in [-0.25, -0.2) is 13.9 Å². The highest BCUT2D eigenvalue weighted by Crippen LogP contribution is 2.42. The molecule has 0 bridgehead atoms. The number of nitrogens with zero attached hydrogens (tertiary/aromatic N) is 6. The minimum Gasteiger partial charge on any atom is -0.442 e. The van der Waals surface area contributed by atoms with Crippen molar-refractivity contribution in [1.82, 2.24) is 20.0 Å². The molecule has 3 aliphatic heterocycles. The lowest BCUT2D eigenvalue weighted by Gasteiger charge is -2.16. The normalized spacial score (nSPS) is 23.2. The molecule has 0 radical (unpaired) electrons. The highest BCUT2D eigenvalue weighted by molar-refractivity contribution is 6.00. The van der Waals surface area contributed by atoms with Gasteiger partial charge in [-0.3, -0.25) is 9.88 Å². The van der Waals surface area contributed by atoms with Gasteiger partial charge in [0.25, 0.3) is 0 Å². The third-order valence-corrected chi connectivity index (χ3v) is 6.21. The maximum atomic E-state index is 15.1. The minimum atomic E-state index is -0.484. The van der Waals surface area contributed by atoms with Crippen molar-refractivity contribution in [2.75, 3.05) is 11.5 Å². The number of aromatic nitrogens is 4. The Balaban J connectivity index is 1.26. The molecule has 1 aromatic carbocycles. The minimum absolute atomic E-state index is 0.114. The van der Waals surface area contributed by atoms with Crippen molar-refractivity contribution in [2.24, 2.45) is 5.16 Å². The molecule has 0 aliphatic carbocycles. The third kappa shape index (κ3) is 3.32. The van der Waals surface area contributed by atoms with E-state index in [4.69, 9.17) is 9.57 Å². The smallest absolute Gasteiger partial charge is 0.415 e. The first-order chi connectivity index (χ1) is 16.1. The van der Waals surface area contributed by atoms with Crippen molar-refractivity contribution < 1.29 is 23.9 Å². The van der Waals surface area contributed by atoms with Crippen LogP contribution in [-0.4, -0.2) is 61.7 Å². The van der Waals surface area contributed by atoms with Crippen LogP contribution in [0.5, 0.6) is 0 Å². The fourth-order valence-electron chi connectivity index (χ4n) is 4.58. The number of aliphatic hydroxyl groups is 1. The molecule has 5 heterocycles. The summed E-state index contributed by atoms with van der Waals surface area (Å²) in [6.07, 6.45) is 4.64. The molecule has 0 spiro atoms. The summed E-state index contributed by atoms with van der Waals surface area (Å²) >= 11 is 0. The van der Waals surface area contributed by atoms with Crippen LogP contribution in [0.25, 0.3) is 11.1 Å². The van der Waals surface area contributed by atoms with E-state index in [0.717, 1.165) is 5.56 Å². The molecule has 1 saturated heterocycles. The van der Waals surface area contributed by atoms with Crippen molar-refractivity contribution in [1.29, 1.82) is 0 Å². The number of anilines is 1. The van der Waals surface area contributed by atoms with Crippen LogP contribution < -0.4 is 4.90 Å². The second-order valence-corrected chi connectivity index (χ2v) is 8.23. The monoisotopic (exact) mass is 450 g/mol. The Kier molecular flexibility index (Phi) is 4.57. The van der Waals surface area contributed by atoms with Gasteiger partial charge in [-0.15, -0.1) is 5.10 Å². The molecule has 1 amide bonds. The van der Waals surface area contributed by atoms with Crippen LogP contribution in [0.3, 0.4) is 0 Å². The lowest BCUT2D eigenvalue weighted by molar-refractivity contribution is 0.0390. The van der Waals surface area contributed by atoms with Gasteiger partial charge in [0, 0.05) is 29.9 Å². The first-order valence-electron chi connectivity index (χ1n) is 10.6. The van der Waals surface area contributed by atoms with E-state index in [9.17, 15) is 9.90 Å². The molecule has 10 nitrogen and oxygen atoms in total. The Labute approximate surface area is 187 Å². The number of hydrogen-bond donors (Lipinski definition) is 1. The predicted octanol–water partition coefficient (Wildman–Crippen LogP) is 1.91. The van der Waals surface area contributed by atoms with Crippen LogP contribution in [0.4, 0.5) is 14.9 Å². The van der Waals surface area contributed by atoms with Crippen LogP contribution in [0.2, 0.25) is 0 Å². The van der Waals surface area contributed by atoms with Crippen LogP contribution in [0, 0.1) is 5.82 Å². The lowest BCUT2D eigenvalue weighted by Crippen LogP contribution is -2.35. The molecular weight excluding hydrogens is 431 g/mol. The molecule has 33 heavy (non-hydrogen) atoms. The summed E-state index contributed by atoms with van der Waals surface area (Å²) in [7, 11) is 0. The molecule has 168 valence electrons. The quantitative estimate of drug-likeness (QED) is 0.631. The summed E-state index contributed by atoms with van der Waals surface area (Å²) in [5, 5.41) is 20.9. The van der Waals surface area contributed by atoms with Crippen molar-refractivity contribution in [2.45, 2.75) is 37.6 Å². The number of carbonyl (C=O) groups is 1. The number of pyridine rings is 1. The molecule has 3 atom stereocenters. The zero-order chi connectivity index (χ0) is 22.5. The van der Waals surface area contributed by atoms with Crippen molar-refractivity contribution in [3.8, 4) is 11.1 Å². The maximum absolute atomic E-state index is 15.1. The average molecular weight is 450 g/mol. The van der Waals surface area contributed by atoms with Crippen LogP contribution in [0.15, 0.2) is 48.0 Å². The predicted molar refractivity (Wildman–Crippen MR) is 113 cm³/mol. The van der Waals surface area contributed by atoms with Gasteiger partial charge >= 0.3 is 6.09 Å². The van der Waals surface area contributed by atoms with Gasteiger partial charge in [0.2, 0.25) is 0 Å². The number of halogens is 1. The Morgan fingerprint density at radius 3 is 2.88 bits per heavy atom. The van der Waals surface area contributed by atoms with Crippen LogP contribution in [0.1, 0.15) is 17.7 Å². The molecule has 1 fully saturated rings. The van der Waals surface area contributed by atoms with Crippen molar-refractivity contribution in [3.63, 3.8) is 0 Å². The summed E-state index contributed by atoms with van der Waals surface area (Å²) in [4.78, 5) is 23.6. The molecule has 2 aromatic heterocycles. The Hall–Kier alpha value is -3.86. The first-order valence-corrected chi connectivity index (χ1v) is 10.6. The van der Waals surface area contributed by atoms with Gasteiger partial charge < -0.3 is 14.7 Å². The first kappa shape index (κ1) is 19.8. The van der Waals surface area contributed by atoms with Crippen molar-refractivity contribution in [3.05, 3.63) is 59.9 Å². The summed E-state index contributed by atoms with van der Waals surface area (Å²) < 4.78 is 22.3. The highest BCUT2D eigenvalue weighted by atomic mass is 19.1. The Bertz CT molecular complexity index is 1250. The topological polar surface area (TPSA) is 115 Å². The molecule has 11 heteroatoms. The van der Waals surface area contributed by atoms with Gasteiger partial charge in [0.1, 0.15) is 17.6 Å². The summed E-state index contributed by atoms with van der Waals surface area (Å²) in [5.41, 5.74) is 3.70. The number of hydrogen-bond acceptors (Lipinski definition) is 8. The zero-order valence-corrected chi connectivity index (χ0v) is 17.3. The van der Waals surface area contributed by atoms with Gasteiger partial charge in [0.05, 0.1) is 36.8 Å². The van der Waals surface area contributed by atoms with Gasteiger partial charge in [-0.1, -0.05) is 16.4 Å². The van der Waals surface area contributed by atoms with E-state index < -0.39 is 18.0 Å². The van der Waals surface area contributed by atoms with Gasteiger partial charge in [0.15, 0.2) is 6.10 Å². The second kappa shape index (κ2) is 7.62. The largest absolute Gasteiger partial charge is 0.442 e. The summed E-state index contributed by atoms with van der Waals surface area (Å²) in [6, 6.07) is 6.47. The second-order valence-electron chi connectivity index (χ2n) is 8.23. The Morgan fingerprint density at radius 1 is 1.24 bits per heavy atom. The molecule has 1 N–H and O–H groups in total. The molecule has 0 saturated carbocycles. The number of amides is 1. The standard InChI is InChI=1S/C22H19FN6O4/c23-16-8-19-13(6-20-21(32-22(31)29(19)20)10-28-4-3-25-27-28)5-15(16)12-1-2-17(24-9-12)18-7-14(11-30)33-26-18/h1-5,8-9,14,20-21,30H,6-7,10-11H2/t14-,20-,21?/m0/s1. The fraction of sp³-hybridized carbons (Fsp3) is 0.318. The number of aliphatic hydroxyl groups excluding tert-OH is 1. The van der Waals surface area contributed by atoms with E-state index >= 15 is 4.39 Å². The average Bonchev–Trinajstić information content (AvgIpc) is 3.60. The lowest BCUT2D eigenvalue weighted by atomic mass is 9.99. The Morgan fingerprint density at radius 2 is 2.15 bits per heavy atom. The number of fused-ring (bicyclic) bond motifs is 3. The maximum Gasteiger partial charge on any atom is 0.415 e. The number of cyclic esters (lactones) is 1. The molecular formula is C22H19FN6O4. The van der Waals surface area contributed by atoms with Crippen LogP contribution >= 0.6 is 0 Å². The van der Waals surface area contributed by atoms with E-state index in [2.05, 4.69) is 20.5 Å². The number of ether oxygens (including phenoxy) is 1. The van der Waals surface area contributed by atoms with E-state index in [-0.39, 0.29) is 18.8 Å². The molecule has 1 unspecified atom stereocenters. The molecule has 3 aliphatic rings. The van der Waals surface area contributed by atoms with E-state index in [1.165, 1.54) is 11.0 Å². The summed E-state index contributed by atoms with van der Waals surface area (Å²) in [5.74, 6) is -0.446. The van der Waals surface area contributed by atoms with E-state index in [1.807, 2.05) is 0 Å². The SMILES string of the molecule is O=C1OC(Cn2ccnn2)[C@@H]2Cc3cc(-c4ccc(C5=NO[C@H](CO)C5)nc4)c(F)cc3N12. The zero-order valence-electron chi connectivity index (χ0n) is 17.3. The van der Waals surface area contributed by atoms with Gasteiger partial charge in [-0.05, 0) is 30.2 Å². The number of carbonyl (C=O) groups excluding carboxylic acids is 1. The fourth-order valence-corrected chi connectivity index (χ4v) is 4.58. The number of benzene rings is 1. The number of rotatable bonds is 5. The van der Waals surface area contributed by atoms with E-state index in [1.54, 1.807) is 41.5 Å².